The largest absolute Gasteiger partial charge is 0.338 e. The SMILES string of the molecule is CN(C)C1CCCN(Cc2nc(C(C)(C)N)no2)C1.Cl.Cl. The van der Waals surface area contributed by atoms with Crippen molar-refractivity contribution in [3.05, 3.63) is 11.7 Å². The molecule has 1 saturated heterocycles. The van der Waals surface area contributed by atoms with Crippen molar-refractivity contribution in [1.29, 1.82) is 0 Å². The Morgan fingerprint density at radius 3 is 2.57 bits per heavy atom. The molecule has 0 spiro atoms. The highest BCUT2D eigenvalue weighted by molar-refractivity contribution is 5.85. The summed E-state index contributed by atoms with van der Waals surface area (Å²) in [6.45, 7) is 6.62. The number of piperidine rings is 1. The van der Waals surface area contributed by atoms with Crippen LogP contribution in [0, 0.1) is 0 Å². The molecule has 2 heterocycles. The normalized spacial score (nSPS) is 20.0. The van der Waals surface area contributed by atoms with Crippen molar-refractivity contribution in [2.24, 2.45) is 5.73 Å². The van der Waals surface area contributed by atoms with Crippen LogP contribution in [0.1, 0.15) is 38.4 Å². The van der Waals surface area contributed by atoms with E-state index in [1.54, 1.807) is 0 Å². The van der Waals surface area contributed by atoms with Gasteiger partial charge < -0.3 is 15.2 Å². The first-order chi connectivity index (χ1) is 8.86. The number of rotatable bonds is 4. The Hall–Kier alpha value is -0.400. The van der Waals surface area contributed by atoms with E-state index < -0.39 is 5.54 Å². The van der Waals surface area contributed by atoms with Crippen LogP contribution in [0.2, 0.25) is 0 Å². The van der Waals surface area contributed by atoms with Crippen molar-refractivity contribution in [1.82, 2.24) is 19.9 Å². The number of likely N-dealkylation sites (N-methyl/N-ethyl adjacent to an activating group) is 1. The molecule has 1 unspecified atom stereocenters. The third kappa shape index (κ3) is 5.71. The standard InChI is InChI=1S/C13H25N5O.2ClH/c1-13(2,14)12-15-11(19-16-12)9-18-7-5-6-10(8-18)17(3)4;;/h10H,5-9,14H2,1-4H3;2*1H. The molecule has 6 nitrogen and oxygen atoms in total. The first kappa shape index (κ1) is 20.6. The van der Waals surface area contributed by atoms with Crippen LogP contribution in [0.25, 0.3) is 0 Å². The molecule has 0 amide bonds. The molecular weight excluding hydrogens is 313 g/mol. The second-order valence-electron chi connectivity index (χ2n) is 6.23. The highest BCUT2D eigenvalue weighted by Gasteiger charge is 2.25. The summed E-state index contributed by atoms with van der Waals surface area (Å²) in [7, 11) is 4.27. The number of hydrogen-bond donors (Lipinski definition) is 1. The summed E-state index contributed by atoms with van der Waals surface area (Å²) in [6.07, 6.45) is 2.47. The maximum Gasteiger partial charge on any atom is 0.240 e. The summed E-state index contributed by atoms with van der Waals surface area (Å²) in [4.78, 5) is 9.04. The predicted molar refractivity (Wildman–Crippen MR) is 88.0 cm³/mol. The molecule has 1 aromatic rings. The Morgan fingerprint density at radius 2 is 2.05 bits per heavy atom. The molecule has 8 heteroatoms. The Morgan fingerprint density at radius 1 is 1.38 bits per heavy atom. The first-order valence-corrected chi connectivity index (χ1v) is 6.87. The van der Waals surface area contributed by atoms with E-state index in [0.717, 1.165) is 13.1 Å². The molecule has 0 bridgehead atoms. The molecule has 1 aliphatic heterocycles. The molecule has 0 aliphatic carbocycles. The van der Waals surface area contributed by atoms with Gasteiger partial charge in [0, 0.05) is 12.6 Å². The second-order valence-corrected chi connectivity index (χ2v) is 6.23. The highest BCUT2D eigenvalue weighted by Crippen LogP contribution is 2.17. The van der Waals surface area contributed by atoms with Gasteiger partial charge >= 0.3 is 0 Å². The van der Waals surface area contributed by atoms with Gasteiger partial charge in [0.05, 0.1) is 12.1 Å². The Bertz CT molecular complexity index is 419. The van der Waals surface area contributed by atoms with E-state index in [4.69, 9.17) is 10.3 Å². The van der Waals surface area contributed by atoms with E-state index >= 15 is 0 Å². The van der Waals surface area contributed by atoms with Gasteiger partial charge in [0.2, 0.25) is 5.89 Å². The van der Waals surface area contributed by atoms with E-state index in [-0.39, 0.29) is 24.8 Å². The van der Waals surface area contributed by atoms with E-state index in [1.807, 2.05) is 13.8 Å². The van der Waals surface area contributed by atoms with Crippen molar-refractivity contribution < 1.29 is 4.52 Å². The van der Waals surface area contributed by atoms with Crippen LogP contribution in [0.3, 0.4) is 0 Å². The smallest absolute Gasteiger partial charge is 0.240 e. The molecule has 2 N–H and O–H groups in total. The van der Waals surface area contributed by atoms with Crippen LogP contribution < -0.4 is 5.73 Å². The molecule has 1 fully saturated rings. The van der Waals surface area contributed by atoms with Crippen molar-refractivity contribution in [3.8, 4) is 0 Å². The highest BCUT2D eigenvalue weighted by atomic mass is 35.5. The quantitative estimate of drug-likeness (QED) is 0.898. The summed E-state index contributed by atoms with van der Waals surface area (Å²) in [5.74, 6) is 1.23. The monoisotopic (exact) mass is 339 g/mol. The Balaban J connectivity index is 0.00000200. The van der Waals surface area contributed by atoms with E-state index in [2.05, 4.69) is 34.0 Å². The van der Waals surface area contributed by atoms with Gasteiger partial charge in [-0.15, -0.1) is 24.8 Å². The van der Waals surface area contributed by atoms with Gasteiger partial charge in [0.1, 0.15) is 0 Å². The molecular formula is C13H27Cl2N5O. The average molecular weight is 340 g/mol. The van der Waals surface area contributed by atoms with E-state index in [0.29, 0.717) is 24.3 Å². The number of nitrogens with two attached hydrogens (primary N) is 1. The van der Waals surface area contributed by atoms with Crippen molar-refractivity contribution in [2.75, 3.05) is 27.2 Å². The summed E-state index contributed by atoms with van der Waals surface area (Å²) in [5, 5.41) is 3.96. The van der Waals surface area contributed by atoms with Gasteiger partial charge in [0.25, 0.3) is 0 Å². The van der Waals surface area contributed by atoms with Crippen molar-refractivity contribution in [3.63, 3.8) is 0 Å². The fourth-order valence-electron chi connectivity index (χ4n) is 2.37. The first-order valence-electron chi connectivity index (χ1n) is 6.87. The number of aromatic nitrogens is 2. The van der Waals surface area contributed by atoms with E-state index in [9.17, 15) is 0 Å². The summed E-state index contributed by atoms with van der Waals surface area (Å²) < 4.78 is 5.29. The van der Waals surface area contributed by atoms with Crippen LogP contribution >= 0.6 is 24.8 Å². The lowest BCUT2D eigenvalue weighted by molar-refractivity contribution is 0.117. The molecule has 1 aliphatic rings. The Kier molecular flexibility index (Phi) is 8.13. The molecule has 124 valence electrons. The molecule has 0 aromatic carbocycles. The number of hydrogen-bond acceptors (Lipinski definition) is 6. The number of halogens is 2. The van der Waals surface area contributed by atoms with E-state index in [1.165, 1.54) is 12.8 Å². The zero-order valence-corrected chi connectivity index (χ0v) is 14.8. The average Bonchev–Trinajstić information content (AvgIpc) is 2.77. The maximum atomic E-state index is 5.96. The minimum absolute atomic E-state index is 0. The minimum atomic E-state index is -0.546. The summed E-state index contributed by atoms with van der Waals surface area (Å²) >= 11 is 0. The van der Waals surface area contributed by atoms with Crippen molar-refractivity contribution in [2.45, 2.75) is 44.8 Å². The predicted octanol–water partition coefficient (Wildman–Crippen LogP) is 1.63. The molecule has 1 atom stereocenters. The van der Waals surface area contributed by atoms with Gasteiger partial charge in [-0.2, -0.15) is 4.98 Å². The summed E-state index contributed by atoms with van der Waals surface area (Å²) in [6, 6.07) is 0.613. The maximum absolute atomic E-state index is 5.96. The molecule has 2 rings (SSSR count). The fourth-order valence-corrected chi connectivity index (χ4v) is 2.37. The van der Waals surface area contributed by atoms with Gasteiger partial charge in [0.15, 0.2) is 5.82 Å². The van der Waals surface area contributed by atoms with Crippen LogP contribution in [0.15, 0.2) is 4.52 Å². The minimum Gasteiger partial charge on any atom is -0.338 e. The molecule has 0 saturated carbocycles. The Labute approximate surface area is 139 Å². The zero-order valence-electron chi connectivity index (χ0n) is 13.2. The molecule has 1 aromatic heterocycles. The van der Waals surface area contributed by atoms with Gasteiger partial charge in [-0.25, -0.2) is 0 Å². The topological polar surface area (TPSA) is 71.4 Å². The number of nitrogens with zero attached hydrogens (tertiary/aromatic N) is 4. The van der Waals surface area contributed by atoms with Gasteiger partial charge in [-0.05, 0) is 47.3 Å². The number of likely N-dealkylation sites (tertiary alicyclic amines) is 1. The fraction of sp³-hybridized carbons (Fsp3) is 0.846. The second kappa shape index (κ2) is 8.29. The molecule has 0 radical (unpaired) electrons. The lowest BCUT2D eigenvalue weighted by Crippen LogP contribution is -2.44. The lowest BCUT2D eigenvalue weighted by atomic mass is 10.1. The van der Waals surface area contributed by atoms with Gasteiger partial charge in [-0.1, -0.05) is 5.16 Å². The van der Waals surface area contributed by atoms with Crippen LogP contribution in [-0.4, -0.2) is 53.2 Å². The summed E-state index contributed by atoms with van der Waals surface area (Å²) in [5.41, 5.74) is 5.41. The van der Waals surface area contributed by atoms with Crippen molar-refractivity contribution >= 4 is 24.8 Å². The third-order valence-electron chi connectivity index (χ3n) is 3.61. The molecule has 21 heavy (non-hydrogen) atoms. The van der Waals surface area contributed by atoms with Gasteiger partial charge in [-0.3, -0.25) is 4.90 Å². The zero-order chi connectivity index (χ0) is 14.0. The third-order valence-corrected chi connectivity index (χ3v) is 3.61. The van der Waals surface area contributed by atoms with Crippen LogP contribution in [0.5, 0.6) is 0 Å². The van der Waals surface area contributed by atoms with Crippen LogP contribution in [-0.2, 0) is 12.1 Å². The lowest BCUT2D eigenvalue weighted by Gasteiger charge is -2.35. The van der Waals surface area contributed by atoms with Crippen LogP contribution in [0.4, 0.5) is 0 Å².